The molecule has 0 spiro atoms. The van der Waals surface area contributed by atoms with Crippen LogP contribution in [0.25, 0.3) is 6.08 Å². The number of aryl methyl sites for hydroxylation is 1. The van der Waals surface area contributed by atoms with E-state index in [1.54, 1.807) is 0 Å². The molecule has 1 N–H and O–H groups in total. The van der Waals surface area contributed by atoms with Gasteiger partial charge >= 0.3 is 0 Å². The summed E-state index contributed by atoms with van der Waals surface area (Å²) in [5.41, 5.74) is 3.23. The fourth-order valence-electron chi connectivity index (χ4n) is 2.80. The molecular formula is C24H20N2O2S. The third-order valence-electron chi connectivity index (χ3n) is 4.31. The molecule has 0 saturated carbocycles. The van der Waals surface area contributed by atoms with E-state index >= 15 is 0 Å². The van der Waals surface area contributed by atoms with Crippen molar-refractivity contribution in [2.24, 2.45) is 4.99 Å². The van der Waals surface area contributed by atoms with Crippen LogP contribution in [0.5, 0.6) is 11.5 Å². The number of carbonyl (C=O) groups excluding carboxylic acids is 1. The molecule has 3 aromatic carbocycles. The number of thioether (sulfide) groups is 1. The van der Waals surface area contributed by atoms with Crippen molar-refractivity contribution < 1.29 is 9.53 Å². The van der Waals surface area contributed by atoms with Crippen molar-refractivity contribution in [2.45, 2.75) is 13.5 Å². The van der Waals surface area contributed by atoms with Crippen molar-refractivity contribution in [2.75, 3.05) is 0 Å². The molecule has 5 heteroatoms. The first-order chi connectivity index (χ1) is 14.2. The fourth-order valence-corrected chi connectivity index (χ4v) is 3.62. The number of amidine groups is 1. The minimum atomic E-state index is -0.132. The summed E-state index contributed by atoms with van der Waals surface area (Å²) in [4.78, 5) is 17.4. The Morgan fingerprint density at radius 3 is 2.52 bits per heavy atom. The number of nitrogens with zero attached hydrogens (tertiary/aromatic N) is 1. The zero-order valence-electron chi connectivity index (χ0n) is 16.0. The molecule has 1 aliphatic rings. The van der Waals surface area contributed by atoms with Gasteiger partial charge < -0.3 is 10.1 Å². The van der Waals surface area contributed by atoms with Gasteiger partial charge in [-0.15, -0.1) is 0 Å². The Morgan fingerprint density at radius 2 is 1.72 bits per heavy atom. The lowest BCUT2D eigenvalue weighted by molar-refractivity contribution is -0.115. The van der Waals surface area contributed by atoms with Crippen LogP contribution in [0.1, 0.15) is 16.7 Å². The third-order valence-corrected chi connectivity index (χ3v) is 5.26. The lowest BCUT2D eigenvalue weighted by atomic mass is 10.1. The molecule has 0 bridgehead atoms. The molecule has 4 nitrogen and oxygen atoms in total. The fraction of sp³-hybridized carbons (Fsp3) is 0.0833. The number of hydrogen-bond acceptors (Lipinski definition) is 4. The highest BCUT2D eigenvalue weighted by Gasteiger charge is 2.23. The van der Waals surface area contributed by atoms with Gasteiger partial charge in [0.1, 0.15) is 11.5 Å². The maximum Gasteiger partial charge on any atom is 0.264 e. The minimum absolute atomic E-state index is 0.132. The van der Waals surface area contributed by atoms with Crippen molar-refractivity contribution in [3.63, 3.8) is 0 Å². The lowest BCUT2D eigenvalue weighted by Crippen LogP contribution is -2.19. The van der Waals surface area contributed by atoms with Crippen LogP contribution in [0.4, 0.5) is 0 Å². The van der Waals surface area contributed by atoms with Crippen LogP contribution in [-0.4, -0.2) is 11.1 Å². The van der Waals surface area contributed by atoms with Crippen LogP contribution < -0.4 is 10.1 Å². The number of carbonyl (C=O) groups is 1. The number of hydrogen-bond donors (Lipinski definition) is 1. The first-order valence-electron chi connectivity index (χ1n) is 9.29. The smallest absolute Gasteiger partial charge is 0.264 e. The second kappa shape index (κ2) is 8.80. The van der Waals surface area contributed by atoms with Crippen LogP contribution in [0.15, 0.2) is 88.8 Å². The molecule has 0 aliphatic carbocycles. The topological polar surface area (TPSA) is 50.7 Å². The minimum Gasteiger partial charge on any atom is -0.457 e. The quantitative estimate of drug-likeness (QED) is 0.572. The predicted octanol–water partition coefficient (Wildman–Crippen LogP) is 5.55. The Hall–Kier alpha value is -3.31. The van der Waals surface area contributed by atoms with Gasteiger partial charge in [0.05, 0.1) is 11.4 Å². The van der Waals surface area contributed by atoms with E-state index in [4.69, 9.17) is 4.74 Å². The highest BCUT2D eigenvalue weighted by Crippen LogP contribution is 2.28. The Kier molecular flexibility index (Phi) is 5.77. The normalized spacial score (nSPS) is 16.2. The van der Waals surface area contributed by atoms with Gasteiger partial charge in [0, 0.05) is 0 Å². The highest BCUT2D eigenvalue weighted by atomic mass is 32.2. The summed E-state index contributed by atoms with van der Waals surface area (Å²) >= 11 is 1.36. The van der Waals surface area contributed by atoms with Gasteiger partial charge in [0.15, 0.2) is 5.17 Å². The SMILES string of the molecule is Cc1ccc(CN=C2NC(=O)/C(=C\c3cccc(Oc4ccccc4)c3)S2)cc1. The Bertz CT molecular complexity index is 1070. The van der Waals surface area contributed by atoms with E-state index in [2.05, 4.69) is 41.5 Å². The number of rotatable bonds is 5. The maximum absolute atomic E-state index is 12.3. The number of nitrogens with one attached hydrogen (secondary N) is 1. The average Bonchev–Trinajstić information content (AvgIpc) is 3.08. The number of amides is 1. The Labute approximate surface area is 174 Å². The van der Waals surface area contributed by atoms with Gasteiger partial charge in [-0.1, -0.05) is 60.2 Å². The van der Waals surface area contributed by atoms with Crippen molar-refractivity contribution in [1.82, 2.24) is 5.32 Å². The summed E-state index contributed by atoms with van der Waals surface area (Å²) in [6.07, 6.45) is 1.85. The first kappa shape index (κ1) is 19.0. The maximum atomic E-state index is 12.3. The lowest BCUT2D eigenvalue weighted by Gasteiger charge is -2.06. The molecular weight excluding hydrogens is 380 g/mol. The van der Waals surface area contributed by atoms with Crippen molar-refractivity contribution in [1.29, 1.82) is 0 Å². The van der Waals surface area contributed by atoms with Crippen LogP contribution in [-0.2, 0) is 11.3 Å². The van der Waals surface area contributed by atoms with E-state index < -0.39 is 0 Å². The molecule has 0 atom stereocenters. The number of aliphatic imine (C=N–C) groups is 1. The first-order valence-corrected chi connectivity index (χ1v) is 10.1. The van der Waals surface area contributed by atoms with Crippen molar-refractivity contribution >= 4 is 28.9 Å². The second-order valence-electron chi connectivity index (χ2n) is 6.66. The van der Waals surface area contributed by atoms with E-state index in [9.17, 15) is 4.79 Å². The monoisotopic (exact) mass is 400 g/mol. The van der Waals surface area contributed by atoms with Gasteiger partial charge in [-0.2, -0.15) is 0 Å². The van der Waals surface area contributed by atoms with E-state index in [-0.39, 0.29) is 5.91 Å². The van der Waals surface area contributed by atoms with Crippen LogP contribution in [0, 0.1) is 6.92 Å². The molecule has 1 amide bonds. The highest BCUT2D eigenvalue weighted by molar-refractivity contribution is 8.18. The zero-order chi connectivity index (χ0) is 20.1. The van der Waals surface area contributed by atoms with E-state index in [1.165, 1.54) is 17.3 Å². The molecule has 1 aliphatic heterocycles. The van der Waals surface area contributed by atoms with E-state index in [0.717, 1.165) is 22.6 Å². The Balaban J connectivity index is 1.45. The molecule has 4 rings (SSSR count). The van der Waals surface area contributed by atoms with Gasteiger partial charge in [0.2, 0.25) is 0 Å². The van der Waals surface area contributed by atoms with Gasteiger partial charge in [-0.05, 0) is 60.2 Å². The molecule has 3 aromatic rings. The average molecular weight is 401 g/mol. The summed E-state index contributed by atoms with van der Waals surface area (Å²) < 4.78 is 5.87. The Morgan fingerprint density at radius 1 is 0.966 bits per heavy atom. The molecule has 0 radical (unpaired) electrons. The predicted molar refractivity (Wildman–Crippen MR) is 119 cm³/mol. The summed E-state index contributed by atoms with van der Waals surface area (Å²) in [5, 5.41) is 3.46. The summed E-state index contributed by atoms with van der Waals surface area (Å²) in [6.45, 7) is 2.59. The largest absolute Gasteiger partial charge is 0.457 e. The van der Waals surface area contributed by atoms with Crippen molar-refractivity contribution in [3.05, 3.63) is 100 Å². The summed E-state index contributed by atoms with van der Waals surface area (Å²) in [5.74, 6) is 1.37. The molecule has 29 heavy (non-hydrogen) atoms. The molecule has 0 unspecified atom stereocenters. The molecule has 144 valence electrons. The van der Waals surface area contributed by atoms with E-state index in [1.807, 2.05) is 60.7 Å². The number of para-hydroxylation sites is 1. The molecule has 1 heterocycles. The van der Waals surface area contributed by atoms with Gasteiger partial charge in [-0.25, -0.2) is 0 Å². The van der Waals surface area contributed by atoms with Crippen LogP contribution in [0.2, 0.25) is 0 Å². The number of ether oxygens (including phenoxy) is 1. The third kappa shape index (κ3) is 5.15. The van der Waals surface area contributed by atoms with Gasteiger partial charge in [-0.3, -0.25) is 9.79 Å². The number of benzene rings is 3. The molecule has 1 fully saturated rings. The van der Waals surface area contributed by atoms with Gasteiger partial charge in [0.25, 0.3) is 5.91 Å². The van der Waals surface area contributed by atoms with E-state index in [0.29, 0.717) is 16.6 Å². The van der Waals surface area contributed by atoms with Crippen LogP contribution >= 0.6 is 11.8 Å². The molecule has 0 aromatic heterocycles. The standard InChI is InChI=1S/C24H20N2O2S/c1-17-10-12-18(13-11-17)16-25-24-26-23(27)22(29-24)15-19-6-5-9-21(14-19)28-20-7-3-2-4-8-20/h2-15H,16H2,1H3,(H,25,26,27)/b22-15+. The van der Waals surface area contributed by atoms with Crippen molar-refractivity contribution in [3.8, 4) is 11.5 Å². The zero-order valence-corrected chi connectivity index (χ0v) is 16.8. The second-order valence-corrected chi connectivity index (χ2v) is 7.69. The summed E-state index contributed by atoms with van der Waals surface area (Å²) in [6, 6.07) is 25.5. The summed E-state index contributed by atoms with van der Waals surface area (Å²) in [7, 11) is 0. The van der Waals surface area contributed by atoms with Crippen LogP contribution in [0.3, 0.4) is 0 Å². The molecule has 1 saturated heterocycles.